The van der Waals surface area contributed by atoms with Gasteiger partial charge in [-0.05, 0) is 57.9 Å². The Kier molecular flexibility index (Phi) is 6.31. The van der Waals surface area contributed by atoms with Gasteiger partial charge in [-0.25, -0.2) is 14.8 Å². The number of rotatable bonds is 3. The largest absolute Gasteiger partial charge is 0.444 e. The molecule has 0 saturated carbocycles. The van der Waals surface area contributed by atoms with E-state index in [0.717, 1.165) is 54.8 Å². The maximum absolute atomic E-state index is 13.0. The van der Waals surface area contributed by atoms with Crippen LogP contribution in [0.1, 0.15) is 46.5 Å². The molecule has 168 valence electrons. The van der Waals surface area contributed by atoms with Gasteiger partial charge in [0.1, 0.15) is 17.7 Å². The second kappa shape index (κ2) is 8.98. The molecule has 9 heteroatoms. The van der Waals surface area contributed by atoms with Crippen LogP contribution in [-0.2, 0) is 9.53 Å². The summed E-state index contributed by atoms with van der Waals surface area (Å²) in [4.78, 5) is 38.2. The maximum Gasteiger partial charge on any atom is 0.410 e. The number of carbonyl (C=O) groups excluding carboxylic acids is 2. The summed E-state index contributed by atoms with van der Waals surface area (Å²) >= 11 is 1.65. The van der Waals surface area contributed by atoms with Crippen LogP contribution in [0, 0.1) is 5.92 Å². The predicted octanol–water partition coefficient (Wildman–Crippen LogP) is 3.42. The molecule has 4 heterocycles. The lowest BCUT2D eigenvalue weighted by atomic mass is 9.96. The molecule has 2 saturated heterocycles. The van der Waals surface area contributed by atoms with Crippen molar-refractivity contribution in [3.63, 3.8) is 0 Å². The molecule has 2 aliphatic rings. The first kappa shape index (κ1) is 21.8. The zero-order chi connectivity index (χ0) is 22.0. The number of aromatic nitrogens is 2. The van der Waals surface area contributed by atoms with Crippen LogP contribution in [0.2, 0.25) is 0 Å². The van der Waals surface area contributed by atoms with E-state index < -0.39 is 5.60 Å². The van der Waals surface area contributed by atoms with Gasteiger partial charge in [-0.1, -0.05) is 0 Å². The minimum absolute atomic E-state index is 0.0315. The molecule has 0 aliphatic carbocycles. The smallest absolute Gasteiger partial charge is 0.410 e. The Bertz CT molecular complexity index is 941. The second-order valence-electron chi connectivity index (χ2n) is 9.39. The monoisotopic (exact) mass is 445 g/mol. The number of amides is 2. The van der Waals surface area contributed by atoms with Gasteiger partial charge in [-0.2, -0.15) is 0 Å². The number of likely N-dealkylation sites (tertiary alicyclic amines) is 1. The zero-order valence-corrected chi connectivity index (χ0v) is 19.3. The standard InChI is InChI=1S/C22H31N5O3S/c1-22(2,3)30-21(29)27-10-4-6-15(12-27)20(28)25-16-7-5-9-26(13-16)19-18-17(8-11-31-18)23-14-24-19/h8,11,14-16H,4-7,9-10,12-13H2,1-3H3,(H,25,28)/t15-,16+/m0/s1. The SMILES string of the molecule is CC(C)(C)OC(=O)N1CCC[C@H](C(=O)N[C@@H]2CCCN(c3ncnc4ccsc34)C2)C1. The molecular weight excluding hydrogens is 414 g/mol. The molecule has 8 nitrogen and oxygen atoms in total. The summed E-state index contributed by atoms with van der Waals surface area (Å²) in [6.45, 7) is 8.28. The highest BCUT2D eigenvalue weighted by atomic mass is 32.1. The number of hydrogen-bond acceptors (Lipinski definition) is 7. The Balaban J connectivity index is 1.36. The number of carbonyl (C=O) groups is 2. The van der Waals surface area contributed by atoms with Crippen molar-refractivity contribution in [1.29, 1.82) is 0 Å². The van der Waals surface area contributed by atoms with Gasteiger partial charge >= 0.3 is 6.09 Å². The van der Waals surface area contributed by atoms with Crippen LogP contribution in [0.4, 0.5) is 10.6 Å². The van der Waals surface area contributed by atoms with Crippen molar-refractivity contribution in [2.24, 2.45) is 5.92 Å². The Morgan fingerprint density at radius 1 is 1.16 bits per heavy atom. The second-order valence-corrected chi connectivity index (χ2v) is 10.3. The maximum atomic E-state index is 13.0. The van der Waals surface area contributed by atoms with E-state index in [-0.39, 0.29) is 24.0 Å². The molecule has 0 radical (unpaired) electrons. The van der Waals surface area contributed by atoms with Gasteiger partial charge in [0.25, 0.3) is 0 Å². The fourth-order valence-corrected chi connectivity index (χ4v) is 5.15. The van der Waals surface area contributed by atoms with Crippen molar-refractivity contribution in [2.45, 2.75) is 58.1 Å². The zero-order valence-electron chi connectivity index (χ0n) is 18.5. The summed E-state index contributed by atoms with van der Waals surface area (Å²) in [7, 11) is 0. The van der Waals surface area contributed by atoms with Gasteiger partial charge in [0, 0.05) is 32.2 Å². The minimum atomic E-state index is -0.535. The van der Waals surface area contributed by atoms with Crippen LogP contribution in [0.3, 0.4) is 0 Å². The number of nitrogens with one attached hydrogen (secondary N) is 1. The van der Waals surface area contributed by atoms with Crippen molar-refractivity contribution in [3.05, 3.63) is 17.8 Å². The van der Waals surface area contributed by atoms with Gasteiger partial charge < -0.3 is 19.9 Å². The molecule has 1 N–H and O–H groups in total. The molecule has 0 unspecified atom stereocenters. The van der Waals surface area contributed by atoms with Crippen LogP contribution >= 0.6 is 11.3 Å². The highest BCUT2D eigenvalue weighted by Gasteiger charge is 2.32. The lowest BCUT2D eigenvalue weighted by molar-refractivity contribution is -0.127. The van der Waals surface area contributed by atoms with E-state index in [1.54, 1.807) is 22.6 Å². The molecule has 2 atom stereocenters. The lowest BCUT2D eigenvalue weighted by Crippen LogP contribution is -2.52. The predicted molar refractivity (Wildman–Crippen MR) is 121 cm³/mol. The molecule has 2 aromatic heterocycles. The van der Waals surface area contributed by atoms with E-state index in [4.69, 9.17) is 4.74 Å². The van der Waals surface area contributed by atoms with E-state index in [1.807, 2.05) is 32.2 Å². The number of ether oxygens (including phenoxy) is 1. The van der Waals surface area contributed by atoms with E-state index in [0.29, 0.717) is 13.1 Å². The Morgan fingerprint density at radius 2 is 1.97 bits per heavy atom. The van der Waals surface area contributed by atoms with Crippen LogP contribution in [0.25, 0.3) is 10.2 Å². The van der Waals surface area contributed by atoms with Gasteiger partial charge in [0.15, 0.2) is 0 Å². The van der Waals surface area contributed by atoms with E-state index in [1.165, 1.54) is 0 Å². The van der Waals surface area contributed by atoms with Crippen molar-refractivity contribution >= 4 is 39.4 Å². The first-order chi connectivity index (χ1) is 14.8. The number of nitrogens with zero attached hydrogens (tertiary/aromatic N) is 4. The number of piperidine rings is 2. The molecule has 2 aromatic rings. The summed E-state index contributed by atoms with van der Waals surface area (Å²) in [5, 5.41) is 5.27. The van der Waals surface area contributed by atoms with Crippen molar-refractivity contribution in [1.82, 2.24) is 20.2 Å². The molecular formula is C22H31N5O3S. The third-order valence-electron chi connectivity index (χ3n) is 5.74. The third-order valence-corrected chi connectivity index (χ3v) is 6.64. The number of fused-ring (bicyclic) bond motifs is 1. The molecule has 0 bridgehead atoms. The normalized spacial score (nSPS) is 22.4. The molecule has 4 rings (SSSR count). The molecule has 2 fully saturated rings. The molecule has 0 spiro atoms. The molecule has 2 amide bonds. The third kappa shape index (κ3) is 5.26. The fourth-order valence-electron chi connectivity index (χ4n) is 4.29. The summed E-state index contributed by atoms with van der Waals surface area (Å²) < 4.78 is 6.58. The summed E-state index contributed by atoms with van der Waals surface area (Å²) in [6, 6.07) is 2.08. The van der Waals surface area contributed by atoms with Crippen LogP contribution < -0.4 is 10.2 Å². The quantitative estimate of drug-likeness (QED) is 0.779. The highest BCUT2D eigenvalue weighted by Crippen LogP contribution is 2.30. The summed E-state index contributed by atoms with van der Waals surface area (Å²) in [5.74, 6) is 0.788. The Labute approximate surface area is 187 Å². The van der Waals surface area contributed by atoms with Crippen LogP contribution in [0.5, 0.6) is 0 Å². The fraction of sp³-hybridized carbons (Fsp3) is 0.636. The number of anilines is 1. The Hall–Kier alpha value is -2.42. The van der Waals surface area contributed by atoms with Crippen LogP contribution in [0.15, 0.2) is 17.8 Å². The van der Waals surface area contributed by atoms with Crippen molar-refractivity contribution < 1.29 is 14.3 Å². The highest BCUT2D eigenvalue weighted by molar-refractivity contribution is 7.17. The summed E-state index contributed by atoms with van der Waals surface area (Å²) in [6.07, 6.45) is 4.83. The van der Waals surface area contributed by atoms with E-state index in [2.05, 4.69) is 20.2 Å². The lowest BCUT2D eigenvalue weighted by Gasteiger charge is -2.36. The van der Waals surface area contributed by atoms with Gasteiger partial charge in [-0.3, -0.25) is 4.79 Å². The Morgan fingerprint density at radius 3 is 2.77 bits per heavy atom. The molecule has 31 heavy (non-hydrogen) atoms. The van der Waals surface area contributed by atoms with Gasteiger partial charge in [0.05, 0.1) is 16.1 Å². The van der Waals surface area contributed by atoms with Crippen molar-refractivity contribution in [2.75, 3.05) is 31.1 Å². The van der Waals surface area contributed by atoms with Gasteiger partial charge in [-0.15, -0.1) is 11.3 Å². The van der Waals surface area contributed by atoms with Gasteiger partial charge in [0.2, 0.25) is 5.91 Å². The average Bonchev–Trinajstić information content (AvgIpc) is 3.22. The van der Waals surface area contributed by atoms with Crippen molar-refractivity contribution in [3.8, 4) is 0 Å². The van der Waals surface area contributed by atoms with E-state index in [9.17, 15) is 9.59 Å². The minimum Gasteiger partial charge on any atom is -0.444 e. The first-order valence-corrected chi connectivity index (χ1v) is 11.9. The summed E-state index contributed by atoms with van der Waals surface area (Å²) in [5.41, 5.74) is 0.429. The van der Waals surface area contributed by atoms with E-state index >= 15 is 0 Å². The number of thiophene rings is 1. The van der Waals surface area contributed by atoms with Crippen LogP contribution in [-0.4, -0.2) is 64.7 Å². The molecule has 2 aliphatic heterocycles. The first-order valence-electron chi connectivity index (χ1n) is 11.0. The number of hydrogen-bond donors (Lipinski definition) is 1. The average molecular weight is 446 g/mol. The topological polar surface area (TPSA) is 87.7 Å². The molecule has 0 aromatic carbocycles.